The zero-order chi connectivity index (χ0) is 23.3. The van der Waals surface area contributed by atoms with Crippen LogP contribution < -0.4 is 10.1 Å². The molecule has 2 aromatic rings. The number of amides is 2. The number of benzene rings is 1. The second kappa shape index (κ2) is 10.8. The number of aryl methyl sites for hydroxylation is 1. The van der Waals surface area contributed by atoms with Crippen LogP contribution in [0.25, 0.3) is 0 Å². The SMILES string of the molecule is CCOC(=O)c1[nH]c(C)c(CN(C(=O)Nc2cc(Cl)ccc2OC)C2CCCCC2)c1C. The van der Waals surface area contributed by atoms with Gasteiger partial charge in [-0.05, 0) is 62.9 Å². The van der Waals surface area contributed by atoms with Crippen molar-refractivity contribution in [2.45, 2.75) is 65.5 Å². The number of aromatic nitrogens is 1. The van der Waals surface area contributed by atoms with Crippen LogP contribution in [0, 0.1) is 13.8 Å². The van der Waals surface area contributed by atoms with E-state index in [9.17, 15) is 9.59 Å². The molecule has 1 aromatic heterocycles. The van der Waals surface area contributed by atoms with Gasteiger partial charge in [-0.25, -0.2) is 9.59 Å². The number of H-pyrrole nitrogens is 1. The molecule has 0 spiro atoms. The molecule has 1 fully saturated rings. The molecule has 32 heavy (non-hydrogen) atoms. The second-order valence-electron chi connectivity index (χ2n) is 8.14. The van der Waals surface area contributed by atoms with E-state index in [4.69, 9.17) is 21.1 Å². The Kier molecular flexibility index (Phi) is 8.07. The number of carbonyl (C=O) groups excluding carboxylic acids is 2. The second-order valence-corrected chi connectivity index (χ2v) is 8.58. The van der Waals surface area contributed by atoms with Crippen LogP contribution in [-0.2, 0) is 11.3 Å². The molecule has 0 bridgehead atoms. The monoisotopic (exact) mass is 461 g/mol. The fourth-order valence-corrected chi connectivity index (χ4v) is 4.50. The number of halogens is 1. The van der Waals surface area contributed by atoms with Crippen LogP contribution in [0.5, 0.6) is 5.75 Å². The van der Waals surface area contributed by atoms with Gasteiger partial charge in [-0.2, -0.15) is 0 Å². The summed E-state index contributed by atoms with van der Waals surface area (Å²) >= 11 is 6.15. The van der Waals surface area contributed by atoms with Gasteiger partial charge in [0.2, 0.25) is 0 Å². The highest BCUT2D eigenvalue weighted by molar-refractivity contribution is 6.31. The molecule has 3 rings (SSSR count). The van der Waals surface area contributed by atoms with Gasteiger partial charge in [0.25, 0.3) is 0 Å². The maximum absolute atomic E-state index is 13.5. The van der Waals surface area contributed by atoms with Gasteiger partial charge >= 0.3 is 12.0 Å². The fraction of sp³-hybridized carbons (Fsp3) is 0.500. The lowest BCUT2D eigenvalue weighted by Gasteiger charge is -2.35. The Morgan fingerprint density at radius 3 is 2.59 bits per heavy atom. The molecule has 1 heterocycles. The molecule has 2 amide bonds. The number of ether oxygens (including phenoxy) is 2. The van der Waals surface area contributed by atoms with Gasteiger partial charge in [0.05, 0.1) is 19.4 Å². The van der Waals surface area contributed by atoms with Crippen LogP contribution in [0.3, 0.4) is 0 Å². The van der Waals surface area contributed by atoms with Crippen LogP contribution in [-0.4, -0.2) is 41.6 Å². The maximum atomic E-state index is 13.5. The standard InChI is InChI=1S/C24H32ClN3O4/c1-5-32-23(29)22-15(2)19(16(3)26-22)14-28(18-9-7-6-8-10-18)24(30)27-20-13-17(25)11-12-21(20)31-4/h11-13,18,26H,5-10,14H2,1-4H3,(H,27,30). The molecule has 0 saturated heterocycles. The lowest BCUT2D eigenvalue weighted by Crippen LogP contribution is -2.43. The van der Waals surface area contributed by atoms with E-state index in [1.807, 2.05) is 18.7 Å². The smallest absolute Gasteiger partial charge is 0.355 e. The van der Waals surface area contributed by atoms with Crippen molar-refractivity contribution < 1.29 is 19.1 Å². The van der Waals surface area contributed by atoms with Crippen molar-refractivity contribution in [3.63, 3.8) is 0 Å². The summed E-state index contributed by atoms with van der Waals surface area (Å²) < 4.78 is 10.6. The molecule has 0 aliphatic heterocycles. The van der Waals surface area contributed by atoms with E-state index >= 15 is 0 Å². The summed E-state index contributed by atoms with van der Waals surface area (Å²) in [6.07, 6.45) is 5.27. The highest BCUT2D eigenvalue weighted by Crippen LogP contribution is 2.31. The summed E-state index contributed by atoms with van der Waals surface area (Å²) in [5.74, 6) is 0.168. The van der Waals surface area contributed by atoms with E-state index in [0.29, 0.717) is 35.3 Å². The van der Waals surface area contributed by atoms with E-state index < -0.39 is 0 Å². The number of aromatic amines is 1. The van der Waals surface area contributed by atoms with Crippen molar-refractivity contribution >= 4 is 29.3 Å². The molecule has 1 aromatic carbocycles. The zero-order valence-electron chi connectivity index (χ0n) is 19.2. The van der Waals surface area contributed by atoms with E-state index in [-0.39, 0.29) is 18.0 Å². The Balaban J connectivity index is 1.90. The average molecular weight is 462 g/mol. The third kappa shape index (κ3) is 5.38. The van der Waals surface area contributed by atoms with Gasteiger partial charge in [-0.1, -0.05) is 30.9 Å². The molecule has 7 nitrogen and oxygen atoms in total. The Morgan fingerprint density at radius 1 is 1.22 bits per heavy atom. The van der Waals surface area contributed by atoms with Gasteiger partial charge < -0.3 is 24.7 Å². The first-order valence-electron chi connectivity index (χ1n) is 11.1. The highest BCUT2D eigenvalue weighted by atomic mass is 35.5. The van der Waals surface area contributed by atoms with Crippen LogP contribution in [0.4, 0.5) is 10.5 Å². The van der Waals surface area contributed by atoms with Crippen molar-refractivity contribution in [3.8, 4) is 5.75 Å². The van der Waals surface area contributed by atoms with Crippen molar-refractivity contribution in [3.05, 3.63) is 45.7 Å². The summed E-state index contributed by atoms with van der Waals surface area (Å²) in [6, 6.07) is 5.04. The van der Waals surface area contributed by atoms with Crippen molar-refractivity contribution in [2.24, 2.45) is 0 Å². The molecular weight excluding hydrogens is 430 g/mol. The molecule has 0 atom stereocenters. The number of rotatable bonds is 7. The largest absolute Gasteiger partial charge is 0.495 e. The van der Waals surface area contributed by atoms with Crippen molar-refractivity contribution in [1.29, 1.82) is 0 Å². The summed E-state index contributed by atoms with van der Waals surface area (Å²) in [5, 5.41) is 3.50. The number of nitrogens with zero attached hydrogens (tertiary/aromatic N) is 1. The van der Waals surface area contributed by atoms with Gasteiger partial charge in [0.1, 0.15) is 11.4 Å². The Morgan fingerprint density at radius 2 is 1.94 bits per heavy atom. The van der Waals surface area contributed by atoms with Gasteiger partial charge in [0.15, 0.2) is 0 Å². The average Bonchev–Trinajstić information content (AvgIpc) is 3.06. The number of nitrogens with one attached hydrogen (secondary N) is 2. The van der Waals surface area contributed by atoms with E-state index in [1.165, 1.54) is 6.42 Å². The number of methoxy groups -OCH3 is 1. The van der Waals surface area contributed by atoms with E-state index in [1.54, 1.807) is 32.2 Å². The van der Waals surface area contributed by atoms with Crippen molar-refractivity contribution in [1.82, 2.24) is 9.88 Å². The normalized spacial score (nSPS) is 14.2. The number of urea groups is 1. The van der Waals surface area contributed by atoms with Crippen LogP contribution in [0.2, 0.25) is 5.02 Å². The third-order valence-electron chi connectivity index (χ3n) is 6.08. The molecule has 2 N–H and O–H groups in total. The predicted octanol–water partition coefficient (Wildman–Crippen LogP) is 5.84. The van der Waals surface area contributed by atoms with Gasteiger partial charge in [0, 0.05) is 23.3 Å². The highest BCUT2D eigenvalue weighted by Gasteiger charge is 2.29. The summed E-state index contributed by atoms with van der Waals surface area (Å²) in [5.41, 5.74) is 3.58. The lowest BCUT2D eigenvalue weighted by molar-refractivity contribution is 0.0519. The molecule has 174 valence electrons. The minimum absolute atomic E-state index is 0.119. The molecule has 1 saturated carbocycles. The molecule has 0 radical (unpaired) electrons. The van der Waals surface area contributed by atoms with Crippen LogP contribution in [0.15, 0.2) is 18.2 Å². The fourth-order valence-electron chi connectivity index (χ4n) is 4.33. The number of anilines is 1. The van der Waals surface area contributed by atoms with Gasteiger partial charge in [-0.3, -0.25) is 0 Å². The molecule has 1 aliphatic rings. The lowest BCUT2D eigenvalue weighted by atomic mass is 9.93. The Hall–Kier alpha value is -2.67. The van der Waals surface area contributed by atoms with E-state index in [0.717, 1.165) is 42.5 Å². The predicted molar refractivity (Wildman–Crippen MR) is 126 cm³/mol. The molecular formula is C24H32ClN3O4. The van der Waals surface area contributed by atoms with Crippen LogP contribution >= 0.6 is 11.6 Å². The van der Waals surface area contributed by atoms with E-state index in [2.05, 4.69) is 10.3 Å². The minimum Gasteiger partial charge on any atom is -0.495 e. The summed E-state index contributed by atoms with van der Waals surface area (Å²) in [4.78, 5) is 30.8. The summed E-state index contributed by atoms with van der Waals surface area (Å²) in [7, 11) is 1.56. The quantitative estimate of drug-likeness (QED) is 0.507. The third-order valence-corrected chi connectivity index (χ3v) is 6.32. The molecule has 0 unspecified atom stereocenters. The molecule has 1 aliphatic carbocycles. The Bertz CT molecular complexity index is 966. The number of hydrogen-bond donors (Lipinski definition) is 2. The number of carbonyl (C=O) groups is 2. The maximum Gasteiger partial charge on any atom is 0.355 e. The number of hydrogen-bond acceptors (Lipinski definition) is 4. The summed E-state index contributed by atoms with van der Waals surface area (Å²) in [6.45, 7) is 6.30. The zero-order valence-corrected chi connectivity index (χ0v) is 20.0. The minimum atomic E-state index is -0.378. The Labute approximate surface area is 194 Å². The first-order chi connectivity index (χ1) is 15.3. The first-order valence-corrected chi connectivity index (χ1v) is 11.5. The number of esters is 1. The van der Waals surface area contributed by atoms with Crippen LogP contribution in [0.1, 0.15) is 66.3 Å². The first kappa shape index (κ1) is 24.0. The van der Waals surface area contributed by atoms with Gasteiger partial charge in [-0.15, -0.1) is 0 Å². The van der Waals surface area contributed by atoms with Crippen molar-refractivity contribution in [2.75, 3.05) is 19.0 Å². The molecule has 8 heteroatoms. The topological polar surface area (TPSA) is 83.7 Å².